The molecule has 2 unspecified atom stereocenters. The van der Waals surface area contributed by atoms with Crippen LogP contribution in [-0.2, 0) is 11.8 Å². The Morgan fingerprint density at radius 2 is 2.47 bits per heavy atom. The highest BCUT2D eigenvalue weighted by atomic mass is 16.5. The van der Waals surface area contributed by atoms with Gasteiger partial charge in [-0.3, -0.25) is 0 Å². The van der Waals surface area contributed by atoms with Crippen LogP contribution in [0.2, 0.25) is 0 Å². The van der Waals surface area contributed by atoms with Crippen molar-refractivity contribution in [2.75, 3.05) is 6.61 Å². The quantitative estimate of drug-likeness (QED) is 0.696. The van der Waals surface area contributed by atoms with Gasteiger partial charge in [-0.2, -0.15) is 0 Å². The van der Waals surface area contributed by atoms with Crippen molar-refractivity contribution in [2.24, 2.45) is 5.92 Å². The number of ether oxygens (including phenoxy) is 1. The summed E-state index contributed by atoms with van der Waals surface area (Å²) in [5, 5.41) is 0. The molecule has 0 radical (unpaired) electrons. The van der Waals surface area contributed by atoms with E-state index in [4.69, 9.17) is 4.74 Å². The molecule has 2 atom stereocenters. The van der Waals surface area contributed by atoms with Crippen molar-refractivity contribution in [2.45, 2.75) is 37.5 Å². The molecule has 2 fully saturated rings. The van der Waals surface area contributed by atoms with Crippen molar-refractivity contribution in [3.8, 4) is 5.88 Å². The largest absolute Gasteiger partial charge is 0.477 e. The Labute approximate surface area is 89.7 Å². The third-order valence-electron chi connectivity index (χ3n) is 4.52. The van der Waals surface area contributed by atoms with Crippen LogP contribution in [0.1, 0.15) is 36.8 Å². The van der Waals surface area contributed by atoms with Gasteiger partial charge in [0.15, 0.2) is 0 Å². The van der Waals surface area contributed by atoms with Gasteiger partial charge >= 0.3 is 0 Å². The molecule has 0 spiro atoms. The number of rotatable bonds is 1. The number of nitrogens with zero attached hydrogens (tertiary/aromatic N) is 1. The molecular weight excluding hydrogens is 186 g/mol. The summed E-state index contributed by atoms with van der Waals surface area (Å²) >= 11 is 0. The van der Waals surface area contributed by atoms with E-state index in [1.54, 1.807) is 0 Å². The van der Waals surface area contributed by atoms with Crippen LogP contribution in [0.4, 0.5) is 0 Å². The number of pyridine rings is 1. The van der Waals surface area contributed by atoms with Crippen LogP contribution in [0.15, 0.2) is 12.3 Å². The van der Waals surface area contributed by atoms with Crippen LogP contribution < -0.4 is 4.74 Å². The monoisotopic (exact) mass is 201 g/mol. The lowest BCUT2D eigenvalue weighted by Gasteiger charge is -2.12. The third-order valence-corrected chi connectivity index (χ3v) is 4.52. The first-order valence-corrected chi connectivity index (χ1v) is 6.01. The maximum absolute atomic E-state index is 5.45. The molecule has 1 aromatic rings. The zero-order valence-corrected chi connectivity index (χ0v) is 8.83. The average molecular weight is 201 g/mol. The SMILES string of the molecule is c1nc2c(cc1C13CCCC1C3)CCO2. The molecule has 2 heteroatoms. The predicted molar refractivity (Wildman–Crippen MR) is 57.1 cm³/mol. The van der Waals surface area contributed by atoms with Gasteiger partial charge in [-0.1, -0.05) is 6.42 Å². The van der Waals surface area contributed by atoms with Crippen molar-refractivity contribution in [3.05, 3.63) is 23.4 Å². The number of hydrogen-bond acceptors (Lipinski definition) is 2. The topological polar surface area (TPSA) is 22.1 Å². The predicted octanol–water partition coefficient (Wildman–Crippen LogP) is 2.46. The molecule has 2 saturated carbocycles. The van der Waals surface area contributed by atoms with E-state index < -0.39 is 0 Å². The maximum Gasteiger partial charge on any atom is 0.216 e. The second-order valence-corrected chi connectivity index (χ2v) is 5.24. The zero-order chi connectivity index (χ0) is 9.88. The van der Waals surface area contributed by atoms with Crippen LogP contribution in [0.25, 0.3) is 0 Å². The van der Waals surface area contributed by atoms with E-state index in [1.807, 2.05) is 0 Å². The Balaban J connectivity index is 1.78. The minimum Gasteiger partial charge on any atom is -0.477 e. The number of fused-ring (bicyclic) bond motifs is 2. The van der Waals surface area contributed by atoms with Gasteiger partial charge in [-0.05, 0) is 42.2 Å². The summed E-state index contributed by atoms with van der Waals surface area (Å²) in [6, 6.07) is 2.36. The summed E-state index contributed by atoms with van der Waals surface area (Å²) in [6.07, 6.45) is 8.77. The van der Waals surface area contributed by atoms with Crippen molar-refractivity contribution in [3.63, 3.8) is 0 Å². The molecule has 0 bridgehead atoms. The second kappa shape index (κ2) is 2.55. The lowest BCUT2D eigenvalue weighted by Crippen LogP contribution is -2.06. The highest BCUT2D eigenvalue weighted by Gasteiger charge is 2.57. The number of aromatic nitrogens is 1. The van der Waals surface area contributed by atoms with Crippen LogP contribution in [0, 0.1) is 5.92 Å². The highest BCUT2D eigenvalue weighted by Crippen LogP contribution is 2.64. The molecule has 2 aliphatic carbocycles. The summed E-state index contributed by atoms with van der Waals surface area (Å²) in [6.45, 7) is 0.822. The molecule has 0 amide bonds. The van der Waals surface area contributed by atoms with Crippen molar-refractivity contribution >= 4 is 0 Å². The van der Waals surface area contributed by atoms with Crippen LogP contribution >= 0.6 is 0 Å². The Kier molecular flexibility index (Phi) is 1.38. The minimum absolute atomic E-state index is 0.546. The molecule has 1 aliphatic heterocycles. The van der Waals surface area contributed by atoms with Gasteiger partial charge in [0.1, 0.15) is 0 Å². The van der Waals surface area contributed by atoms with E-state index in [-0.39, 0.29) is 0 Å². The van der Waals surface area contributed by atoms with Crippen LogP contribution in [0.5, 0.6) is 5.88 Å². The van der Waals surface area contributed by atoms with E-state index >= 15 is 0 Å². The maximum atomic E-state index is 5.45. The van der Waals surface area contributed by atoms with Crippen molar-refractivity contribution < 1.29 is 4.74 Å². The van der Waals surface area contributed by atoms with Crippen LogP contribution in [0.3, 0.4) is 0 Å². The summed E-state index contributed by atoms with van der Waals surface area (Å²) in [5.41, 5.74) is 3.37. The molecular formula is C13H15NO. The summed E-state index contributed by atoms with van der Waals surface area (Å²) in [5.74, 6) is 1.85. The summed E-state index contributed by atoms with van der Waals surface area (Å²) in [7, 11) is 0. The van der Waals surface area contributed by atoms with E-state index in [1.165, 1.54) is 36.8 Å². The molecule has 78 valence electrons. The zero-order valence-electron chi connectivity index (χ0n) is 8.83. The van der Waals surface area contributed by atoms with Gasteiger partial charge in [0.2, 0.25) is 5.88 Å². The molecule has 0 N–H and O–H groups in total. The van der Waals surface area contributed by atoms with Gasteiger partial charge < -0.3 is 4.74 Å². The highest BCUT2D eigenvalue weighted by molar-refractivity contribution is 5.40. The third kappa shape index (κ3) is 0.973. The lowest BCUT2D eigenvalue weighted by molar-refractivity contribution is 0.344. The van der Waals surface area contributed by atoms with Crippen molar-refractivity contribution in [1.29, 1.82) is 0 Å². The van der Waals surface area contributed by atoms with E-state index in [9.17, 15) is 0 Å². The van der Waals surface area contributed by atoms with Gasteiger partial charge in [0.05, 0.1) is 6.61 Å². The molecule has 15 heavy (non-hydrogen) atoms. The van der Waals surface area contributed by atoms with E-state index in [0.29, 0.717) is 5.41 Å². The summed E-state index contributed by atoms with van der Waals surface area (Å²) < 4.78 is 5.45. The summed E-state index contributed by atoms with van der Waals surface area (Å²) in [4.78, 5) is 4.45. The molecule has 0 saturated heterocycles. The first-order valence-electron chi connectivity index (χ1n) is 6.01. The fourth-order valence-corrected chi connectivity index (χ4v) is 3.56. The molecule has 4 rings (SSSR count). The molecule has 2 heterocycles. The second-order valence-electron chi connectivity index (χ2n) is 5.24. The fraction of sp³-hybridized carbons (Fsp3) is 0.615. The van der Waals surface area contributed by atoms with E-state index in [0.717, 1.165) is 24.8 Å². The lowest BCUT2D eigenvalue weighted by atomic mass is 9.93. The minimum atomic E-state index is 0.546. The van der Waals surface area contributed by atoms with Crippen LogP contribution in [-0.4, -0.2) is 11.6 Å². The van der Waals surface area contributed by atoms with E-state index in [2.05, 4.69) is 17.2 Å². The average Bonchev–Trinajstić information content (AvgIpc) is 2.68. The Hall–Kier alpha value is -1.05. The standard InChI is InChI=1S/C13H15NO/c1-2-10-7-13(10,4-1)11-6-9-3-5-15-12(9)14-8-11/h6,8,10H,1-5,7H2. The molecule has 3 aliphatic rings. The Bertz CT molecular complexity index is 429. The van der Waals surface area contributed by atoms with Gasteiger partial charge in [-0.25, -0.2) is 4.98 Å². The number of hydrogen-bond donors (Lipinski definition) is 0. The molecule has 0 aromatic carbocycles. The van der Waals surface area contributed by atoms with Gasteiger partial charge in [0, 0.05) is 18.2 Å². The molecule has 2 nitrogen and oxygen atoms in total. The van der Waals surface area contributed by atoms with Gasteiger partial charge in [0.25, 0.3) is 0 Å². The smallest absolute Gasteiger partial charge is 0.216 e. The van der Waals surface area contributed by atoms with Crippen molar-refractivity contribution in [1.82, 2.24) is 4.98 Å². The first-order chi connectivity index (χ1) is 7.38. The normalized spacial score (nSPS) is 35.9. The molecule has 1 aromatic heterocycles. The fourth-order valence-electron chi connectivity index (χ4n) is 3.56. The Morgan fingerprint density at radius 1 is 1.47 bits per heavy atom. The van der Waals surface area contributed by atoms with Gasteiger partial charge in [-0.15, -0.1) is 0 Å². The Morgan fingerprint density at radius 3 is 3.27 bits per heavy atom. The first kappa shape index (κ1) is 8.14.